The number of carbonyl (C=O) groups is 1. The highest BCUT2D eigenvalue weighted by Crippen LogP contribution is 2.37. The summed E-state index contributed by atoms with van der Waals surface area (Å²) >= 11 is 0. The average Bonchev–Trinajstić information content (AvgIpc) is 1.86. The van der Waals surface area contributed by atoms with E-state index in [-0.39, 0.29) is 18.3 Å². The summed E-state index contributed by atoms with van der Waals surface area (Å²) in [6, 6.07) is 0. The maximum Gasteiger partial charge on any atom is 0.306 e. The number of hydrogen-bond donors (Lipinski definition) is 1. The van der Waals surface area contributed by atoms with Crippen LogP contribution in [-0.4, -0.2) is 11.1 Å². The number of halogens is 1. The lowest BCUT2D eigenvalue weighted by molar-refractivity contribution is -0.143. The van der Waals surface area contributed by atoms with Gasteiger partial charge in [-0.15, -0.1) is 12.4 Å². The lowest BCUT2D eigenvalue weighted by Gasteiger charge is -2.32. The van der Waals surface area contributed by atoms with Gasteiger partial charge in [-0.3, -0.25) is 4.79 Å². The van der Waals surface area contributed by atoms with E-state index in [0.717, 1.165) is 25.7 Å². The molecule has 1 N–H and O–H groups in total. The molecule has 0 amide bonds. The van der Waals surface area contributed by atoms with Crippen molar-refractivity contribution in [1.29, 1.82) is 0 Å². The molecule has 1 rings (SSSR count). The molecular weight excluding hydrogens is 176 g/mol. The predicted molar refractivity (Wildman–Crippen MR) is 50.6 cm³/mol. The van der Waals surface area contributed by atoms with E-state index in [1.54, 1.807) is 0 Å². The van der Waals surface area contributed by atoms with Gasteiger partial charge in [-0.25, -0.2) is 0 Å². The third kappa shape index (κ3) is 3.02. The Bertz CT molecular complexity index is 156. The molecule has 0 heterocycles. The fraction of sp³-hybridized carbons (Fsp3) is 0.889. The van der Waals surface area contributed by atoms with E-state index in [0.29, 0.717) is 5.41 Å². The van der Waals surface area contributed by atoms with Crippen LogP contribution in [0.1, 0.15) is 39.5 Å². The Kier molecular flexibility index (Phi) is 4.04. The smallest absolute Gasteiger partial charge is 0.306 e. The normalized spacial score (nSPS) is 22.8. The van der Waals surface area contributed by atoms with Gasteiger partial charge in [0, 0.05) is 0 Å². The average molecular weight is 193 g/mol. The molecule has 2 nitrogen and oxygen atoms in total. The zero-order valence-electron chi connectivity index (χ0n) is 7.67. The lowest BCUT2D eigenvalue weighted by Crippen LogP contribution is -2.25. The maximum atomic E-state index is 10.6. The van der Waals surface area contributed by atoms with Gasteiger partial charge in [0.05, 0.1) is 5.92 Å². The first kappa shape index (κ1) is 11.8. The van der Waals surface area contributed by atoms with Gasteiger partial charge in [-0.2, -0.15) is 0 Å². The minimum absolute atomic E-state index is 0. The molecule has 3 heteroatoms. The van der Waals surface area contributed by atoms with Crippen molar-refractivity contribution in [2.75, 3.05) is 0 Å². The Hall–Kier alpha value is -0.240. The van der Waals surface area contributed by atoms with Crippen molar-refractivity contribution in [3.63, 3.8) is 0 Å². The van der Waals surface area contributed by atoms with Crippen LogP contribution in [0.25, 0.3) is 0 Å². The SMILES string of the molecule is CC1(C)CCC(C(=O)O)CC1.Cl. The maximum absolute atomic E-state index is 10.6. The van der Waals surface area contributed by atoms with E-state index in [2.05, 4.69) is 13.8 Å². The van der Waals surface area contributed by atoms with E-state index >= 15 is 0 Å². The van der Waals surface area contributed by atoms with E-state index in [1.807, 2.05) is 0 Å². The van der Waals surface area contributed by atoms with Gasteiger partial charge in [-0.1, -0.05) is 13.8 Å². The Balaban J connectivity index is 0.00000121. The number of rotatable bonds is 1. The van der Waals surface area contributed by atoms with Gasteiger partial charge < -0.3 is 5.11 Å². The van der Waals surface area contributed by atoms with E-state index in [4.69, 9.17) is 5.11 Å². The summed E-state index contributed by atoms with van der Waals surface area (Å²) < 4.78 is 0. The molecule has 1 aliphatic rings. The van der Waals surface area contributed by atoms with Crippen LogP contribution < -0.4 is 0 Å². The van der Waals surface area contributed by atoms with Gasteiger partial charge in [-0.05, 0) is 31.1 Å². The van der Waals surface area contributed by atoms with Crippen LogP contribution in [0.2, 0.25) is 0 Å². The second-order valence-electron chi connectivity index (χ2n) is 4.28. The molecule has 1 fully saturated rings. The zero-order chi connectivity index (χ0) is 8.48. The van der Waals surface area contributed by atoms with Gasteiger partial charge >= 0.3 is 5.97 Å². The number of carboxylic acids is 1. The van der Waals surface area contributed by atoms with Crippen LogP contribution in [0, 0.1) is 11.3 Å². The van der Waals surface area contributed by atoms with Crippen molar-refractivity contribution < 1.29 is 9.90 Å². The molecule has 12 heavy (non-hydrogen) atoms. The van der Waals surface area contributed by atoms with Crippen molar-refractivity contribution in [2.45, 2.75) is 39.5 Å². The van der Waals surface area contributed by atoms with Gasteiger partial charge in [0.25, 0.3) is 0 Å². The first-order valence-corrected chi connectivity index (χ1v) is 4.24. The topological polar surface area (TPSA) is 37.3 Å². The molecule has 0 aliphatic heterocycles. The minimum atomic E-state index is -0.611. The molecule has 72 valence electrons. The van der Waals surface area contributed by atoms with Crippen LogP contribution in [0.15, 0.2) is 0 Å². The predicted octanol–water partition coefficient (Wildman–Crippen LogP) is 2.71. The van der Waals surface area contributed by atoms with Gasteiger partial charge in [0.15, 0.2) is 0 Å². The Labute approximate surface area is 79.8 Å². The molecule has 0 aromatic carbocycles. The highest BCUT2D eigenvalue weighted by molar-refractivity contribution is 5.85. The van der Waals surface area contributed by atoms with Crippen LogP contribution in [0.5, 0.6) is 0 Å². The van der Waals surface area contributed by atoms with Gasteiger partial charge in [0.2, 0.25) is 0 Å². The second kappa shape index (κ2) is 4.13. The van der Waals surface area contributed by atoms with E-state index in [1.165, 1.54) is 0 Å². The van der Waals surface area contributed by atoms with Crippen LogP contribution in [0.4, 0.5) is 0 Å². The largest absolute Gasteiger partial charge is 0.481 e. The summed E-state index contributed by atoms with van der Waals surface area (Å²) in [5.41, 5.74) is 0.381. The number of hydrogen-bond acceptors (Lipinski definition) is 1. The summed E-state index contributed by atoms with van der Waals surface area (Å²) in [6.45, 7) is 4.43. The molecule has 0 aromatic rings. The fourth-order valence-electron chi connectivity index (χ4n) is 1.65. The molecule has 0 bridgehead atoms. The standard InChI is InChI=1S/C9H16O2.ClH/c1-9(2)5-3-7(4-6-9)8(10)11;/h7H,3-6H2,1-2H3,(H,10,11);1H. The molecule has 1 saturated carbocycles. The van der Waals surface area contributed by atoms with Crippen LogP contribution in [0.3, 0.4) is 0 Å². The summed E-state index contributed by atoms with van der Waals surface area (Å²) in [4.78, 5) is 10.6. The summed E-state index contributed by atoms with van der Waals surface area (Å²) in [5.74, 6) is -0.677. The summed E-state index contributed by atoms with van der Waals surface area (Å²) in [6.07, 6.45) is 3.85. The molecule has 0 atom stereocenters. The quantitative estimate of drug-likeness (QED) is 0.694. The van der Waals surface area contributed by atoms with Crippen molar-refractivity contribution in [3.8, 4) is 0 Å². The molecule has 0 unspecified atom stereocenters. The first-order chi connectivity index (χ1) is 5.01. The van der Waals surface area contributed by atoms with Crippen LogP contribution in [-0.2, 0) is 4.79 Å². The Morgan fingerprint density at radius 2 is 1.75 bits per heavy atom. The third-order valence-electron chi connectivity index (χ3n) is 2.69. The van der Waals surface area contributed by atoms with E-state index < -0.39 is 5.97 Å². The van der Waals surface area contributed by atoms with Crippen LogP contribution >= 0.6 is 12.4 Å². The molecule has 0 saturated heterocycles. The van der Waals surface area contributed by atoms with Crippen molar-refractivity contribution >= 4 is 18.4 Å². The highest BCUT2D eigenvalue weighted by atomic mass is 35.5. The van der Waals surface area contributed by atoms with Crippen molar-refractivity contribution in [1.82, 2.24) is 0 Å². The van der Waals surface area contributed by atoms with Gasteiger partial charge in [0.1, 0.15) is 0 Å². The number of aliphatic carboxylic acids is 1. The lowest BCUT2D eigenvalue weighted by atomic mass is 9.73. The minimum Gasteiger partial charge on any atom is -0.481 e. The molecule has 0 aromatic heterocycles. The molecule has 1 aliphatic carbocycles. The zero-order valence-corrected chi connectivity index (χ0v) is 8.49. The third-order valence-corrected chi connectivity index (χ3v) is 2.69. The fourth-order valence-corrected chi connectivity index (χ4v) is 1.65. The second-order valence-corrected chi connectivity index (χ2v) is 4.28. The van der Waals surface area contributed by atoms with Crippen molar-refractivity contribution in [3.05, 3.63) is 0 Å². The Morgan fingerprint density at radius 3 is 2.08 bits per heavy atom. The van der Waals surface area contributed by atoms with Crippen molar-refractivity contribution in [2.24, 2.45) is 11.3 Å². The van der Waals surface area contributed by atoms with E-state index in [9.17, 15) is 4.79 Å². The molecule has 0 spiro atoms. The summed E-state index contributed by atoms with van der Waals surface area (Å²) in [7, 11) is 0. The monoisotopic (exact) mass is 192 g/mol. The summed E-state index contributed by atoms with van der Waals surface area (Å²) in [5, 5.41) is 8.71. The Morgan fingerprint density at radius 1 is 1.33 bits per heavy atom. The number of carboxylic acid groups (broad SMARTS) is 1. The molecular formula is C9H17ClO2. The highest BCUT2D eigenvalue weighted by Gasteiger charge is 2.30. The first-order valence-electron chi connectivity index (χ1n) is 4.24. The molecule has 0 radical (unpaired) electrons.